The van der Waals surface area contributed by atoms with Gasteiger partial charge in [0.05, 0.1) is 16.8 Å². The summed E-state index contributed by atoms with van der Waals surface area (Å²) in [7, 11) is 0. The number of amides is 2. The van der Waals surface area contributed by atoms with Crippen LogP contribution in [0, 0.1) is 11.3 Å². The van der Waals surface area contributed by atoms with Crippen LogP contribution in [0.5, 0.6) is 5.75 Å². The molecule has 0 atom stereocenters. The van der Waals surface area contributed by atoms with Gasteiger partial charge in [-0.2, -0.15) is 5.26 Å². The van der Waals surface area contributed by atoms with Gasteiger partial charge in [-0.3, -0.25) is 14.5 Å². The minimum atomic E-state index is -1.26. The van der Waals surface area contributed by atoms with E-state index in [1.54, 1.807) is 13.8 Å². The Kier molecular flexibility index (Phi) is 4.74. The van der Waals surface area contributed by atoms with Crippen molar-refractivity contribution in [3.8, 4) is 11.8 Å². The van der Waals surface area contributed by atoms with Crippen LogP contribution >= 0.6 is 11.3 Å². The zero-order valence-electron chi connectivity index (χ0n) is 16.4. The maximum Gasteiger partial charge on any atom is 0.335 e. The van der Waals surface area contributed by atoms with E-state index in [2.05, 4.69) is 11.4 Å². The Labute approximate surface area is 176 Å². The first-order chi connectivity index (χ1) is 14.2. The smallest absolute Gasteiger partial charge is 0.335 e. The second kappa shape index (κ2) is 7.15. The number of aryl methyl sites for hydroxylation is 1. The number of hydrogen-bond acceptors (Lipinski definition) is 6. The fraction of sp³-hybridized carbons (Fsp3) is 0.333. The maximum atomic E-state index is 12.9. The molecule has 1 aromatic heterocycles. The normalized spacial score (nSPS) is 16.3. The van der Waals surface area contributed by atoms with Crippen molar-refractivity contribution in [2.45, 2.75) is 38.7 Å². The Morgan fingerprint density at radius 1 is 1.37 bits per heavy atom. The van der Waals surface area contributed by atoms with Gasteiger partial charge in [0, 0.05) is 4.88 Å². The number of nitrogens with zero attached hydrogens (tertiary/aromatic N) is 2. The van der Waals surface area contributed by atoms with Crippen LogP contribution < -0.4 is 15.0 Å². The molecule has 2 aromatic rings. The number of carboxylic acids is 1. The number of carbonyl (C=O) groups is 3. The van der Waals surface area contributed by atoms with E-state index in [4.69, 9.17) is 4.74 Å². The summed E-state index contributed by atoms with van der Waals surface area (Å²) >= 11 is 1.41. The summed E-state index contributed by atoms with van der Waals surface area (Å²) in [5.41, 5.74) is 0.601. The molecule has 0 spiro atoms. The number of nitrogens with one attached hydrogen (secondary N) is 1. The molecule has 2 heterocycles. The Morgan fingerprint density at radius 3 is 2.83 bits per heavy atom. The van der Waals surface area contributed by atoms with Gasteiger partial charge in [0.25, 0.3) is 5.91 Å². The number of hydrogen-bond donors (Lipinski definition) is 2. The minimum absolute atomic E-state index is 0.0232. The molecule has 4 rings (SSSR count). The van der Waals surface area contributed by atoms with E-state index >= 15 is 0 Å². The zero-order valence-corrected chi connectivity index (χ0v) is 17.3. The number of carboxylic acid groups (broad SMARTS) is 1. The van der Waals surface area contributed by atoms with Crippen LogP contribution in [-0.4, -0.2) is 35.0 Å². The summed E-state index contributed by atoms with van der Waals surface area (Å²) in [6.07, 6.45) is 2.75. The molecule has 2 aliphatic rings. The highest BCUT2D eigenvalue weighted by Crippen LogP contribution is 2.40. The highest BCUT2D eigenvalue weighted by atomic mass is 32.1. The molecule has 0 saturated heterocycles. The molecule has 8 nitrogen and oxygen atoms in total. The molecular weight excluding hydrogens is 406 g/mol. The molecule has 1 aliphatic heterocycles. The van der Waals surface area contributed by atoms with Crippen LogP contribution in [0.15, 0.2) is 18.2 Å². The van der Waals surface area contributed by atoms with Crippen molar-refractivity contribution in [3.63, 3.8) is 0 Å². The Bertz CT molecular complexity index is 1130. The number of fused-ring (bicyclic) bond motifs is 2. The van der Waals surface area contributed by atoms with Crippen LogP contribution in [0.2, 0.25) is 0 Å². The van der Waals surface area contributed by atoms with Crippen molar-refractivity contribution in [1.82, 2.24) is 0 Å². The number of benzene rings is 1. The van der Waals surface area contributed by atoms with E-state index < -0.39 is 23.4 Å². The standard InChI is InChI=1S/C21H19N3O5S/c1-21(2)20(28)24(14-7-6-11(19(26)27)8-15(14)29-21)10-17(25)23-18-13(9-22)12-4-3-5-16(12)30-18/h6-8H,3-5,10H2,1-2H3,(H,23,25)(H,26,27). The fourth-order valence-corrected chi connectivity index (χ4v) is 5.04. The number of nitriles is 1. The Hall–Kier alpha value is -3.38. The average molecular weight is 425 g/mol. The summed E-state index contributed by atoms with van der Waals surface area (Å²) < 4.78 is 5.70. The van der Waals surface area contributed by atoms with Crippen LogP contribution in [0.25, 0.3) is 0 Å². The van der Waals surface area contributed by atoms with E-state index in [9.17, 15) is 24.8 Å². The summed E-state index contributed by atoms with van der Waals surface area (Å²) in [6, 6.07) is 6.34. The summed E-state index contributed by atoms with van der Waals surface area (Å²) in [5, 5.41) is 22.0. The van der Waals surface area contributed by atoms with Crippen molar-refractivity contribution >= 4 is 39.8 Å². The third-order valence-electron chi connectivity index (χ3n) is 5.21. The number of thiophene rings is 1. The molecular formula is C21H19N3O5S. The van der Waals surface area contributed by atoms with Gasteiger partial charge >= 0.3 is 5.97 Å². The highest BCUT2D eigenvalue weighted by Gasteiger charge is 2.42. The van der Waals surface area contributed by atoms with E-state index in [-0.39, 0.29) is 17.9 Å². The second-order valence-corrected chi connectivity index (χ2v) is 8.82. The van der Waals surface area contributed by atoms with Crippen molar-refractivity contribution < 1.29 is 24.2 Å². The lowest BCUT2D eigenvalue weighted by molar-refractivity contribution is -0.133. The molecule has 0 bridgehead atoms. The molecule has 0 saturated carbocycles. The zero-order chi connectivity index (χ0) is 21.6. The minimum Gasteiger partial charge on any atom is -0.478 e. The van der Waals surface area contributed by atoms with E-state index in [1.807, 2.05) is 0 Å². The van der Waals surface area contributed by atoms with Gasteiger partial charge in [-0.15, -0.1) is 11.3 Å². The van der Waals surface area contributed by atoms with E-state index in [0.29, 0.717) is 16.3 Å². The molecule has 30 heavy (non-hydrogen) atoms. The molecule has 2 N–H and O–H groups in total. The number of rotatable bonds is 4. The summed E-state index contributed by atoms with van der Waals surface area (Å²) in [6.45, 7) is 2.85. The molecule has 154 valence electrons. The molecule has 9 heteroatoms. The Morgan fingerprint density at radius 2 is 2.13 bits per heavy atom. The lowest BCUT2D eigenvalue weighted by Crippen LogP contribution is -2.54. The van der Waals surface area contributed by atoms with Gasteiger partial charge in [0.1, 0.15) is 23.4 Å². The highest BCUT2D eigenvalue weighted by molar-refractivity contribution is 7.16. The lowest BCUT2D eigenvalue weighted by atomic mass is 10.0. The first kappa shape index (κ1) is 19.9. The van der Waals surface area contributed by atoms with Gasteiger partial charge in [-0.1, -0.05) is 0 Å². The SMILES string of the molecule is CC1(C)Oc2cc(C(=O)O)ccc2N(CC(=O)Nc2sc3c(c2C#N)CCC3)C1=O. The van der Waals surface area contributed by atoms with Crippen molar-refractivity contribution in [1.29, 1.82) is 5.26 Å². The largest absolute Gasteiger partial charge is 0.478 e. The molecule has 2 amide bonds. The second-order valence-electron chi connectivity index (χ2n) is 7.71. The quantitative estimate of drug-likeness (QED) is 0.777. The van der Waals surface area contributed by atoms with Crippen LogP contribution in [0.3, 0.4) is 0 Å². The third-order valence-corrected chi connectivity index (χ3v) is 6.42. The Balaban J connectivity index is 1.61. The number of ether oxygens (including phenoxy) is 1. The van der Waals surface area contributed by atoms with Crippen molar-refractivity contribution in [2.24, 2.45) is 0 Å². The number of anilines is 2. The van der Waals surface area contributed by atoms with Gasteiger partial charge in [0.2, 0.25) is 5.91 Å². The van der Waals surface area contributed by atoms with Gasteiger partial charge in [-0.05, 0) is 56.9 Å². The number of carbonyl (C=O) groups excluding carboxylic acids is 2. The monoisotopic (exact) mass is 425 g/mol. The third kappa shape index (κ3) is 3.29. The van der Waals surface area contributed by atoms with Crippen LogP contribution in [0.4, 0.5) is 10.7 Å². The molecule has 0 radical (unpaired) electrons. The van der Waals surface area contributed by atoms with Gasteiger partial charge in [-0.25, -0.2) is 4.79 Å². The predicted octanol–water partition coefficient (Wildman–Crippen LogP) is 2.95. The predicted molar refractivity (Wildman–Crippen MR) is 110 cm³/mol. The van der Waals surface area contributed by atoms with Gasteiger partial charge < -0.3 is 15.2 Å². The topological polar surface area (TPSA) is 120 Å². The lowest BCUT2D eigenvalue weighted by Gasteiger charge is -2.38. The maximum absolute atomic E-state index is 12.9. The van der Waals surface area contributed by atoms with E-state index in [1.165, 1.54) is 34.4 Å². The average Bonchev–Trinajstić information content (AvgIpc) is 3.25. The molecule has 1 aliphatic carbocycles. The van der Waals surface area contributed by atoms with Crippen LogP contribution in [-0.2, 0) is 22.4 Å². The van der Waals surface area contributed by atoms with Crippen molar-refractivity contribution in [3.05, 3.63) is 39.8 Å². The van der Waals surface area contributed by atoms with Gasteiger partial charge in [0.15, 0.2) is 5.60 Å². The van der Waals surface area contributed by atoms with Crippen molar-refractivity contribution in [2.75, 3.05) is 16.8 Å². The first-order valence-corrected chi connectivity index (χ1v) is 10.3. The first-order valence-electron chi connectivity index (χ1n) is 9.44. The van der Waals surface area contributed by atoms with Crippen LogP contribution in [0.1, 0.15) is 46.6 Å². The summed E-state index contributed by atoms with van der Waals surface area (Å²) in [4.78, 5) is 39.4. The fourth-order valence-electron chi connectivity index (χ4n) is 3.78. The molecule has 0 fully saturated rings. The van der Waals surface area contributed by atoms with E-state index in [0.717, 1.165) is 29.7 Å². The molecule has 0 unspecified atom stereocenters. The molecule has 1 aromatic carbocycles. The number of aromatic carboxylic acids is 1. The summed E-state index contributed by atoms with van der Waals surface area (Å²) in [5.74, 6) is -1.75.